The van der Waals surface area contributed by atoms with Gasteiger partial charge in [-0.15, -0.1) is 0 Å². The Hall–Kier alpha value is -0.100. The Morgan fingerprint density at radius 3 is 2.78 bits per heavy atom. The fourth-order valence-electron chi connectivity index (χ4n) is 0.579. The van der Waals surface area contributed by atoms with Gasteiger partial charge in [0.05, 0.1) is 40.9 Å². The molecule has 0 aromatic carbocycles. The summed E-state index contributed by atoms with van der Waals surface area (Å²) in [7, 11) is 0. The first kappa shape index (κ1) is 7.01. The van der Waals surface area contributed by atoms with Gasteiger partial charge in [-0.05, 0) is 6.92 Å². The van der Waals surface area contributed by atoms with E-state index in [1.54, 1.807) is 6.33 Å². The van der Waals surface area contributed by atoms with Crippen LogP contribution < -0.4 is 0 Å². The molecular weight excluding hydrogens is 231 g/mol. The van der Waals surface area contributed by atoms with Crippen molar-refractivity contribution in [3.05, 3.63) is 17.7 Å². The second-order valence-electron chi connectivity index (χ2n) is 1.75. The summed E-state index contributed by atoms with van der Waals surface area (Å²) in [6.45, 7) is 1.95. The van der Waals surface area contributed by atoms with Crippen molar-refractivity contribution in [2.45, 2.75) is 13.5 Å². The van der Waals surface area contributed by atoms with Gasteiger partial charge in [0.1, 0.15) is 6.33 Å². The quantitative estimate of drug-likeness (QED) is 0.737. The highest BCUT2D eigenvalue weighted by Gasteiger charge is 2.00. The first-order chi connectivity index (χ1) is 4.25. The maximum atomic E-state index is 8.65. The van der Waals surface area contributed by atoms with E-state index in [1.807, 2.05) is 9.70 Å². The van der Waals surface area contributed by atoms with Gasteiger partial charge in [-0.1, -0.05) is 0 Å². The van der Waals surface area contributed by atoms with Crippen LogP contribution in [0.2, 0.25) is 0 Å². The minimum absolute atomic E-state index is 0.0296. The molecule has 0 bridgehead atoms. The summed E-state index contributed by atoms with van der Waals surface area (Å²) in [6.07, 6.45) is 1.68. The lowest BCUT2D eigenvalue weighted by molar-refractivity contribution is 0.276. The molecule has 0 spiro atoms. The van der Waals surface area contributed by atoms with E-state index < -0.39 is 0 Å². The Balaban J connectivity index is 3.04. The third-order valence-corrected chi connectivity index (χ3v) is 2.18. The van der Waals surface area contributed by atoms with E-state index in [0.717, 1.165) is 11.4 Å². The van der Waals surface area contributed by atoms with Gasteiger partial charge in [0, 0.05) is 0 Å². The van der Waals surface area contributed by atoms with E-state index in [1.165, 1.54) is 0 Å². The molecule has 0 aliphatic carbocycles. The van der Waals surface area contributed by atoms with E-state index >= 15 is 0 Å². The Morgan fingerprint density at radius 2 is 2.56 bits per heavy atom. The molecule has 0 fully saturated rings. The molecule has 50 valence electrons. The van der Waals surface area contributed by atoms with Crippen LogP contribution in [0.3, 0.4) is 0 Å². The number of imidazole rings is 1. The Kier molecular flexibility index (Phi) is 2.07. The molecule has 0 amide bonds. The zero-order valence-electron chi connectivity index (χ0n) is 5.00. The molecule has 0 radical (unpaired) electrons. The first-order valence-electron chi connectivity index (χ1n) is 2.55. The number of hydrogen-bond acceptors (Lipinski definition) is 2. The van der Waals surface area contributed by atoms with Gasteiger partial charge in [0.2, 0.25) is 0 Å². The average Bonchev–Trinajstić information content (AvgIpc) is 2.15. The molecule has 1 heterocycles. The lowest BCUT2D eigenvalue weighted by Gasteiger charge is -1.91. The van der Waals surface area contributed by atoms with E-state index in [0.29, 0.717) is 0 Å². The molecule has 1 aromatic rings. The van der Waals surface area contributed by atoms with Gasteiger partial charge in [-0.25, -0.2) is 4.98 Å². The molecule has 0 aliphatic heterocycles. The lowest BCUT2D eigenvalue weighted by Crippen LogP contribution is -1.87. The third kappa shape index (κ3) is 1.24. The SMILES string of the molecule is Cc1c(CO)ncn1I. The van der Waals surface area contributed by atoms with Crippen LogP contribution in [-0.4, -0.2) is 12.9 Å². The standard InChI is InChI=1S/C5H7IN2O/c1-4-5(2-9)7-3-8(4)6/h3,9H,2H2,1H3. The normalized spacial score (nSPS) is 10.1. The van der Waals surface area contributed by atoms with Crippen LogP contribution in [0, 0.1) is 6.92 Å². The van der Waals surface area contributed by atoms with E-state index in [-0.39, 0.29) is 6.61 Å². The molecule has 1 rings (SSSR count). The van der Waals surface area contributed by atoms with Crippen molar-refractivity contribution in [3.63, 3.8) is 0 Å². The minimum Gasteiger partial charge on any atom is -0.390 e. The summed E-state index contributed by atoms with van der Waals surface area (Å²) in [5.41, 5.74) is 1.77. The summed E-state index contributed by atoms with van der Waals surface area (Å²) in [5, 5.41) is 8.65. The topological polar surface area (TPSA) is 38.1 Å². The summed E-state index contributed by atoms with van der Waals surface area (Å²) in [4.78, 5) is 3.94. The van der Waals surface area contributed by atoms with Crippen molar-refractivity contribution in [1.29, 1.82) is 0 Å². The van der Waals surface area contributed by atoms with Gasteiger partial charge in [0.15, 0.2) is 0 Å². The van der Waals surface area contributed by atoms with Crippen molar-refractivity contribution in [1.82, 2.24) is 7.76 Å². The fourth-order valence-corrected chi connectivity index (χ4v) is 0.982. The van der Waals surface area contributed by atoms with Crippen molar-refractivity contribution >= 4 is 22.9 Å². The van der Waals surface area contributed by atoms with Crippen molar-refractivity contribution in [3.8, 4) is 0 Å². The van der Waals surface area contributed by atoms with Crippen molar-refractivity contribution in [2.24, 2.45) is 0 Å². The number of aliphatic hydroxyl groups excluding tert-OH is 1. The second kappa shape index (κ2) is 2.66. The maximum Gasteiger partial charge on any atom is 0.104 e. The molecule has 1 N–H and O–H groups in total. The average molecular weight is 238 g/mol. The maximum absolute atomic E-state index is 8.65. The van der Waals surface area contributed by atoms with Crippen LogP contribution in [0.25, 0.3) is 0 Å². The predicted octanol–water partition coefficient (Wildman–Crippen LogP) is 0.882. The zero-order valence-corrected chi connectivity index (χ0v) is 7.16. The molecule has 4 heteroatoms. The molecule has 9 heavy (non-hydrogen) atoms. The van der Waals surface area contributed by atoms with Gasteiger partial charge < -0.3 is 5.11 Å². The summed E-state index contributed by atoms with van der Waals surface area (Å²) in [6, 6.07) is 0. The number of nitrogens with zero attached hydrogens (tertiary/aromatic N) is 2. The molecule has 0 saturated carbocycles. The van der Waals surface area contributed by atoms with E-state index in [9.17, 15) is 0 Å². The number of hydrogen-bond donors (Lipinski definition) is 1. The molecule has 0 unspecified atom stereocenters. The molecule has 3 nitrogen and oxygen atoms in total. The van der Waals surface area contributed by atoms with Crippen LogP contribution in [0.15, 0.2) is 6.33 Å². The molecular formula is C5H7IN2O. The Bertz CT molecular complexity index is 209. The van der Waals surface area contributed by atoms with Crippen LogP contribution in [0.4, 0.5) is 0 Å². The first-order valence-corrected chi connectivity index (χ1v) is 3.52. The van der Waals surface area contributed by atoms with Gasteiger partial charge >= 0.3 is 0 Å². The second-order valence-corrected chi connectivity index (χ2v) is 2.79. The third-order valence-electron chi connectivity index (χ3n) is 1.20. The van der Waals surface area contributed by atoms with Gasteiger partial charge in [0.25, 0.3) is 0 Å². The minimum atomic E-state index is 0.0296. The molecule has 0 saturated heterocycles. The van der Waals surface area contributed by atoms with Crippen LogP contribution in [0.1, 0.15) is 11.4 Å². The van der Waals surface area contributed by atoms with Crippen LogP contribution >= 0.6 is 22.9 Å². The number of aromatic nitrogens is 2. The number of aliphatic hydroxyl groups is 1. The largest absolute Gasteiger partial charge is 0.390 e. The van der Waals surface area contributed by atoms with Crippen LogP contribution in [0.5, 0.6) is 0 Å². The summed E-state index contributed by atoms with van der Waals surface area (Å²) < 4.78 is 1.85. The number of halogens is 1. The highest BCUT2D eigenvalue weighted by molar-refractivity contribution is 14.1. The van der Waals surface area contributed by atoms with Gasteiger partial charge in [-0.3, -0.25) is 2.78 Å². The van der Waals surface area contributed by atoms with Gasteiger partial charge in [-0.2, -0.15) is 0 Å². The Labute approximate surface area is 67.2 Å². The molecule has 0 atom stereocenters. The lowest BCUT2D eigenvalue weighted by atomic mass is 10.4. The smallest absolute Gasteiger partial charge is 0.104 e. The Morgan fingerprint density at radius 1 is 1.89 bits per heavy atom. The molecule has 0 aliphatic rings. The van der Waals surface area contributed by atoms with Crippen molar-refractivity contribution in [2.75, 3.05) is 0 Å². The highest BCUT2D eigenvalue weighted by atomic mass is 127. The molecule has 1 aromatic heterocycles. The van der Waals surface area contributed by atoms with Crippen LogP contribution in [-0.2, 0) is 6.61 Å². The summed E-state index contributed by atoms with van der Waals surface area (Å²) in [5.74, 6) is 0. The van der Waals surface area contributed by atoms with E-state index in [2.05, 4.69) is 27.8 Å². The monoisotopic (exact) mass is 238 g/mol. The van der Waals surface area contributed by atoms with Crippen molar-refractivity contribution < 1.29 is 5.11 Å². The fraction of sp³-hybridized carbons (Fsp3) is 0.400. The summed E-state index contributed by atoms with van der Waals surface area (Å²) >= 11 is 2.11. The number of rotatable bonds is 1. The van der Waals surface area contributed by atoms with E-state index in [4.69, 9.17) is 5.11 Å². The predicted molar refractivity (Wildman–Crippen MR) is 42.3 cm³/mol. The zero-order chi connectivity index (χ0) is 6.85. The highest BCUT2D eigenvalue weighted by Crippen LogP contribution is 2.07.